The Hall–Kier alpha value is -2.14. The van der Waals surface area contributed by atoms with Crippen molar-refractivity contribution in [3.05, 3.63) is 24.3 Å². The zero-order valence-corrected chi connectivity index (χ0v) is 13.2. The highest BCUT2D eigenvalue weighted by atomic mass is 32.2. The summed E-state index contributed by atoms with van der Waals surface area (Å²) in [6.07, 6.45) is -1.58. The molecule has 22 heavy (non-hydrogen) atoms. The molecule has 0 atom stereocenters. The van der Waals surface area contributed by atoms with Gasteiger partial charge in [0.15, 0.2) is 9.84 Å². The predicted molar refractivity (Wildman–Crippen MR) is 73.0 cm³/mol. The van der Waals surface area contributed by atoms with E-state index in [-0.39, 0.29) is 6.42 Å². The Morgan fingerprint density at radius 2 is 1.64 bits per heavy atom. The fraction of sp³-hybridized carbons (Fsp3) is 0.273. The van der Waals surface area contributed by atoms with Gasteiger partial charge in [-0.15, -0.1) is 0 Å². The van der Waals surface area contributed by atoms with Gasteiger partial charge in [-0.2, -0.15) is 8.42 Å². The van der Waals surface area contributed by atoms with Gasteiger partial charge >= 0.3 is 22.1 Å². The number of carbonyl (C=O) groups is 2. The van der Waals surface area contributed by atoms with Crippen LogP contribution < -0.4 is 0 Å². The molecule has 11 heteroatoms. The van der Waals surface area contributed by atoms with E-state index in [9.17, 15) is 26.4 Å². The van der Waals surface area contributed by atoms with Crippen molar-refractivity contribution in [1.29, 1.82) is 0 Å². The lowest BCUT2D eigenvalue weighted by Gasteiger charge is -2.18. The van der Waals surface area contributed by atoms with Gasteiger partial charge in [0.05, 0.1) is 4.90 Å². The third-order valence-electron chi connectivity index (χ3n) is 2.37. The van der Waals surface area contributed by atoms with Gasteiger partial charge in [0.25, 0.3) is 0 Å². The van der Waals surface area contributed by atoms with Crippen molar-refractivity contribution in [2.24, 2.45) is 0 Å². The van der Waals surface area contributed by atoms with Gasteiger partial charge in [0.2, 0.25) is 0 Å². The fourth-order valence-corrected chi connectivity index (χ4v) is 4.07. The van der Waals surface area contributed by atoms with Crippen LogP contribution in [0.2, 0.25) is 0 Å². The van der Waals surface area contributed by atoms with Crippen molar-refractivity contribution in [3.8, 4) is 0 Å². The van der Waals surface area contributed by atoms with Crippen LogP contribution >= 0.6 is 0 Å². The lowest BCUT2D eigenvalue weighted by Crippen LogP contribution is -2.38. The number of nitrogens with zero attached hydrogens (tertiary/aromatic N) is 1. The molecule has 122 valence electrons. The van der Waals surface area contributed by atoms with Crippen molar-refractivity contribution >= 4 is 31.9 Å². The van der Waals surface area contributed by atoms with E-state index in [1.54, 1.807) is 0 Å². The van der Waals surface area contributed by atoms with E-state index in [1.807, 2.05) is 0 Å². The topological polar surface area (TPSA) is 135 Å². The molecular formula is C11H13NO8S2. The molecule has 0 aliphatic rings. The minimum Gasteiger partial charge on any atom is -0.462 e. The van der Waals surface area contributed by atoms with E-state index in [0.29, 0.717) is 0 Å². The molecule has 0 aromatic heterocycles. The van der Waals surface area contributed by atoms with Crippen LogP contribution in [0.4, 0.5) is 4.79 Å². The molecule has 0 saturated carbocycles. The third-order valence-corrected chi connectivity index (χ3v) is 5.24. The maximum absolute atomic E-state index is 12.3. The van der Waals surface area contributed by atoms with Crippen LogP contribution in [0.15, 0.2) is 34.1 Å². The zero-order chi connectivity index (χ0) is 17.1. The van der Waals surface area contributed by atoms with Crippen LogP contribution in [-0.4, -0.2) is 44.7 Å². The van der Waals surface area contributed by atoms with Gasteiger partial charge < -0.3 is 9.94 Å². The molecule has 1 amide bonds. The van der Waals surface area contributed by atoms with E-state index in [1.165, 1.54) is 19.1 Å². The van der Waals surface area contributed by atoms with Crippen molar-refractivity contribution in [2.45, 2.75) is 23.1 Å². The molecule has 0 fully saturated rings. The minimum atomic E-state index is -4.91. The number of carboxylic acid groups (broad SMARTS) is 1. The van der Waals surface area contributed by atoms with E-state index >= 15 is 0 Å². The number of hydrogen-bond donors (Lipinski definition) is 1. The van der Waals surface area contributed by atoms with Gasteiger partial charge in [0.1, 0.15) is 4.90 Å². The monoisotopic (exact) mass is 351 g/mol. The second kappa shape index (κ2) is 6.32. The standard InChI is InChI=1S/C11H13NO8S2/c1-3-10(13)20-12(11(14)15)22(18,19)9-7-5-4-6-8(9)21(2,16)17/h4-7H,3H2,1-2H3,(H,14,15). The molecule has 1 rings (SSSR count). The maximum atomic E-state index is 12.3. The molecular weight excluding hydrogens is 338 g/mol. The number of sulfone groups is 1. The first-order valence-corrected chi connectivity index (χ1v) is 9.13. The lowest BCUT2D eigenvalue weighted by atomic mass is 10.4. The summed E-state index contributed by atoms with van der Waals surface area (Å²) in [5.41, 5.74) is 0. The Balaban J connectivity index is 3.52. The summed E-state index contributed by atoms with van der Waals surface area (Å²) >= 11 is 0. The first-order chi connectivity index (χ1) is 10.0. The molecule has 0 radical (unpaired) electrons. The number of sulfonamides is 1. The molecule has 0 saturated heterocycles. The zero-order valence-electron chi connectivity index (χ0n) is 11.6. The molecule has 1 N–H and O–H groups in total. The van der Waals surface area contributed by atoms with Crippen LogP contribution in [-0.2, 0) is 29.5 Å². The average Bonchev–Trinajstić information content (AvgIpc) is 2.42. The molecule has 9 nitrogen and oxygen atoms in total. The number of amides is 1. The summed E-state index contributed by atoms with van der Waals surface area (Å²) in [6.45, 7) is 1.33. The highest BCUT2D eigenvalue weighted by molar-refractivity contribution is 7.93. The Bertz CT molecular complexity index is 797. The normalized spacial score (nSPS) is 11.7. The van der Waals surface area contributed by atoms with E-state index in [0.717, 1.165) is 18.4 Å². The molecule has 1 aromatic carbocycles. The van der Waals surface area contributed by atoms with E-state index < -0.39 is 46.2 Å². The number of hydroxylamine groups is 1. The second-order valence-electron chi connectivity index (χ2n) is 4.05. The Morgan fingerprint density at radius 1 is 1.14 bits per heavy atom. The van der Waals surface area contributed by atoms with Crippen molar-refractivity contribution in [1.82, 2.24) is 4.47 Å². The van der Waals surface area contributed by atoms with E-state index in [4.69, 9.17) is 5.11 Å². The van der Waals surface area contributed by atoms with Gasteiger partial charge in [-0.25, -0.2) is 18.0 Å². The molecule has 1 aromatic rings. The highest BCUT2D eigenvalue weighted by Gasteiger charge is 2.36. The first-order valence-electron chi connectivity index (χ1n) is 5.80. The molecule has 0 spiro atoms. The SMILES string of the molecule is CCC(=O)ON(C(=O)O)S(=O)(=O)c1ccccc1S(C)(=O)=O. The Kier molecular flexibility index (Phi) is 5.14. The number of hydrogen-bond acceptors (Lipinski definition) is 7. The average molecular weight is 351 g/mol. The summed E-state index contributed by atoms with van der Waals surface area (Å²) in [7, 11) is -8.86. The van der Waals surface area contributed by atoms with Crippen LogP contribution in [0.3, 0.4) is 0 Å². The minimum absolute atomic E-state index is 0.271. The molecule has 0 aliphatic carbocycles. The summed E-state index contributed by atoms with van der Waals surface area (Å²) in [5.74, 6) is -1.11. The Labute approximate surface area is 127 Å². The summed E-state index contributed by atoms with van der Waals surface area (Å²) < 4.78 is 47.3. The summed E-state index contributed by atoms with van der Waals surface area (Å²) in [4.78, 5) is 25.1. The predicted octanol–water partition coefficient (Wildman–Crippen LogP) is 0.627. The molecule has 0 bridgehead atoms. The lowest BCUT2D eigenvalue weighted by molar-refractivity contribution is -0.163. The van der Waals surface area contributed by atoms with Crippen molar-refractivity contribution in [2.75, 3.05) is 6.26 Å². The summed E-state index contributed by atoms with van der Waals surface area (Å²) in [6, 6.07) is 4.40. The van der Waals surface area contributed by atoms with Crippen LogP contribution in [0.5, 0.6) is 0 Å². The highest BCUT2D eigenvalue weighted by Crippen LogP contribution is 2.24. The van der Waals surface area contributed by atoms with Gasteiger partial charge in [-0.3, -0.25) is 0 Å². The third kappa shape index (κ3) is 3.74. The van der Waals surface area contributed by atoms with E-state index in [2.05, 4.69) is 4.84 Å². The quantitative estimate of drug-likeness (QED) is 0.780. The number of carbonyl (C=O) groups excluding carboxylic acids is 1. The Morgan fingerprint density at radius 3 is 2.05 bits per heavy atom. The maximum Gasteiger partial charge on any atom is 0.456 e. The number of rotatable bonds is 4. The fourth-order valence-electron chi connectivity index (χ4n) is 1.41. The van der Waals surface area contributed by atoms with Gasteiger partial charge in [0, 0.05) is 12.7 Å². The molecule has 0 aliphatic heterocycles. The van der Waals surface area contributed by atoms with Gasteiger partial charge in [-0.1, -0.05) is 19.1 Å². The second-order valence-corrected chi connectivity index (χ2v) is 7.76. The van der Waals surface area contributed by atoms with Crippen molar-refractivity contribution in [3.63, 3.8) is 0 Å². The van der Waals surface area contributed by atoms with Gasteiger partial charge in [-0.05, 0) is 16.6 Å². The summed E-state index contributed by atoms with van der Waals surface area (Å²) in [5, 5.41) is 8.93. The molecule has 0 unspecified atom stereocenters. The largest absolute Gasteiger partial charge is 0.462 e. The first kappa shape index (κ1) is 17.9. The van der Waals surface area contributed by atoms with Crippen LogP contribution in [0.25, 0.3) is 0 Å². The smallest absolute Gasteiger partial charge is 0.456 e. The van der Waals surface area contributed by atoms with Crippen LogP contribution in [0.1, 0.15) is 13.3 Å². The van der Waals surface area contributed by atoms with Crippen molar-refractivity contribution < 1.29 is 36.4 Å². The number of benzene rings is 1. The van der Waals surface area contributed by atoms with Crippen LogP contribution in [0, 0.1) is 0 Å². The molecule has 0 heterocycles.